The van der Waals surface area contributed by atoms with Crippen LogP contribution >= 0.6 is 27.5 Å². The van der Waals surface area contributed by atoms with Crippen molar-refractivity contribution in [3.05, 3.63) is 33.0 Å². The number of aromatic nitrogens is 6. The maximum Gasteiger partial charge on any atom is 0.269 e. The van der Waals surface area contributed by atoms with E-state index in [0.29, 0.717) is 35.5 Å². The number of rotatable bonds is 4. The fourth-order valence-corrected chi connectivity index (χ4v) is 2.83. The minimum atomic E-state index is 0.397. The Bertz CT molecular complexity index is 821. The molecule has 9 heteroatoms. The summed E-state index contributed by atoms with van der Waals surface area (Å²) in [4.78, 5) is 0. The highest BCUT2D eigenvalue weighted by Crippen LogP contribution is 2.25. The maximum atomic E-state index is 6.13. The second-order valence-electron chi connectivity index (χ2n) is 4.96. The molecule has 3 rings (SSSR count). The highest BCUT2D eigenvalue weighted by Gasteiger charge is 2.16. The topological polar surface area (TPSA) is 74.6 Å². The van der Waals surface area contributed by atoms with Gasteiger partial charge in [-0.3, -0.25) is 9.36 Å². The van der Waals surface area contributed by atoms with Gasteiger partial charge in [0.2, 0.25) is 5.89 Å². The van der Waals surface area contributed by atoms with Crippen molar-refractivity contribution >= 4 is 27.5 Å². The van der Waals surface area contributed by atoms with Crippen molar-refractivity contribution in [1.82, 2.24) is 29.8 Å². The maximum absolute atomic E-state index is 6.13. The summed E-state index contributed by atoms with van der Waals surface area (Å²) in [6.07, 6.45) is 2.41. The molecule has 0 fully saturated rings. The normalized spacial score (nSPS) is 11.3. The van der Waals surface area contributed by atoms with Crippen molar-refractivity contribution in [2.24, 2.45) is 7.05 Å². The molecule has 3 aromatic rings. The molecule has 0 atom stereocenters. The zero-order valence-electron chi connectivity index (χ0n) is 12.3. The van der Waals surface area contributed by atoms with Gasteiger partial charge < -0.3 is 4.42 Å². The van der Waals surface area contributed by atoms with E-state index < -0.39 is 0 Å². The minimum absolute atomic E-state index is 0.397. The Hall–Kier alpha value is -1.67. The molecule has 0 aliphatic heterocycles. The average molecular weight is 386 g/mol. The number of hydrogen-bond donors (Lipinski definition) is 0. The Morgan fingerprint density at radius 3 is 2.64 bits per heavy atom. The Balaban J connectivity index is 1.75. The lowest BCUT2D eigenvalue weighted by Gasteiger charge is -2.01. The molecule has 0 radical (unpaired) electrons. The van der Waals surface area contributed by atoms with E-state index in [9.17, 15) is 0 Å². The van der Waals surface area contributed by atoms with Crippen molar-refractivity contribution < 1.29 is 4.42 Å². The highest BCUT2D eigenvalue weighted by atomic mass is 79.9. The van der Waals surface area contributed by atoms with E-state index in [4.69, 9.17) is 16.0 Å². The summed E-state index contributed by atoms with van der Waals surface area (Å²) >= 11 is 9.55. The van der Waals surface area contributed by atoms with Crippen LogP contribution in [0.5, 0.6) is 0 Å². The second-order valence-corrected chi connectivity index (χ2v) is 6.19. The lowest BCUT2D eigenvalue weighted by atomic mass is 10.4. The van der Waals surface area contributed by atoms with Gasteiger partial charge in [-0.1, -0.05) is 11.6 Å². The van der Waals surface area contributed by atoms with Gasteiger partial charge in [0.15, 0.2) is 5.69 Å². The third-order valence-electron chi connectivity index (χ3n) is 3.28. The van der Waals surface area contributed by atoms with Gasteiger partial charge in [0.1, 0.15) is 0 Å². The molecule has 22 heavy (non-hydrogen) atoms. The molecule has 0 bridgehead atoms. The first-order chi connectivity index (χ1) is 10.5. The molecule has 0 aliphatic rings. The van der Waals surface area contributed by atoms with E-state index >= 15 is 0 Å². The number of hydrogen-bond acceptors (Lipinski definition) is 5. The summed E-state index contributed by atoms with van der Waals surface area (Å²) in [6.45, 7) is 4.45. The van der Waals surface area contributed by atoms with Gasteiger partial charge in [-0.15, -0.1) is 10.2 Å². The molecule has 3 aromatic heterocycles. The van der Waals surface area contributed by atoms with Crippen LogP contribution in [0.2, 0.25) is 5.02 Å². The van der Waals surface area contributed by atoms with Crippen molar-refractivity contribution in [1.29, 1.82) is 0 Å². The third kappa shape index (κ3) is 2.80. The van der Waals surface area contributed by atoms with Crippen molar-refractivity contribution in [3.8, 4) is 11.6 Å². The first-order valence-electron chi connectivity index (χ1n) is 6.67. The van der Waals surface area contributed by atoms with Gasteiger partial charge in [0.25, 0.3) is 5.89 Å². The van der Waals surface area contributed by atoms with Gasteiger partial charge in [-0.05, 0) is 29.8 Å². The first kappa shape index (κ1) is 15.2. The van der Waals surface area contributed by atoms with Crippen molar-refractivity contribution in [2.45, 2.75) is 26.8 Å². The summed E-state index contributed by atoms with van der Waals surface area (Å²) in [5.41, 5.74) is 2.39. The molecule has 0 saturated carbocycles. The van der Waals surface area contributed by atoms with Gasteiger partial charge in [-0.25, -0.2) is 0 Å². The second kappa shape index (κ2) is 5.85. The third-order valence-corrected chi connectivity index (χ3v) is 4.41. The fourth-order valence-electron chi connectivity index (χ4n) is 2.15. The summed E-state index contributed by atoms with van der Waals surface area (Å²) in [7, 11) is 1.83. The number of halogens is 2. The van der Waals surface area contributed by atoms with Gasteiger partial charge in [0, 0.05) is 26.2 Å². The predicted molar refractivity (Wildman–Crippen MR) is 84.6 cm³/mol. The SMILES string of the molecule is Cc1nn(CCc2nnc(-c3nn(C)cc3Br)o2)c(C)c1Cl. The molecule has 0 N–H and O–H groups in total. The van der Waals surface area contributed by atoms with Crippen LogP contribution in [0.3, 0.4) is 0 Å². The van der Waals surface area contributed by atoms with E-state index in [-0.39, 0.29) is 0 Å². The molecule has 0 aliphatic carbocycles. The van der Waals surface area contributed by atoms with E-state index in [1.807, 2.05) is 31.8 Å². The van der Waals surface area contributed by atoms with Crippen LogP contribution in [0.4, 0.5) is 0 Å². The van der Waals surface area contributed by atoms with Crippen LogP contribution in [0.25, 0.3) is 11.6 Å². The summed E-state index contributed by atoms with van der Waals surface area (Å²) in [5.74, 6) is 0.935. The molecular formula is C13H14BrClN6O. The number of nitrogens with zero attached hydrogens (tertiary/aromatic N) is 6. The van der Waals surface area contributed by atoms with Crippen LogP contribution < -0.4 is 0 Å². The molecule has 0 amide bonds. The zero-order valence-corrected chi connectivity index (χ0v) is 14.7. The predicted octanol–water partition coefficient (Wildman–Crippen LogP) is 2.94. The van der Waals surface area contributed by atoms with E-state index in [0.717, 1.165) is 15.9 Å². The van der Waals surface area contributed by atoms with Gasteiger partial charge >= 0.3 is 0 Å². The summed E-state index contributed by atoms with van der Waals surface area (Å²) in [6, 6.07) is 0. The Kier molecular flexibility index (Phi) is 4.05. The van der Waals surface area contributed by atoms with Crippen LogP contribution in [0, 0.1) is 13.8 Å². The largest absolute Gasteiger partial charge is 0.419 e. The van der Waals surface area contributed by atoms with Crippen molar-refractivity contribution in [2.75, 3.05) is 0 Å². The molecule has 0 unspecified atom stereocenters. The Morgan fingerprint density at radius 2 is 2.05 bits per heavy atom. The van der Waals surface area contributed by atoms with Crippen LogP contribution in [0.1, 0.15) is 17.3 Å². The standard InChI is InChI=1S/C13H14BrClN6O/c1-7-11(15)8(2)21(18-7)5-4-10-16-17-13(22-10)12-9(14)6-20(3)19-12/h6H,4-5H2,1-3H3. The highest BCUT2D eigenvalue weighted by molar-refractivity contribution is 9.10. The van der Waals surface area contributed by atoms with E-state index in [1.54, 1.807) is 4.68 Å². The molecule has 3 heterocycles. The molecule has 116 valence electrons. The lowest BCUT2D eigenvalue weighted by molar-refractivity contribution is 0.470. The van der Waals surface area contributed by atoms with Crippen LogP contribution in [-0.4, -0.2) is 29.8 Å². The minimum Gasteiger partial charge on any atom is -0.419 e. The molecule has 0 saturated heterocycles. The molecule has 0 aromatic carbocycles. The molecule has 7 nitrogen and oxygen atoms in total. The first-order valence-corrected chi connectivity index (χ1v) is 7.84. The quantitative estimate of drug-likeness (QED) is 0.690. The van der Waals surface area contributed by atoms with Crippen molar-refractivity contribution in [3.63, 3.8) is 0 Å². The Labute approximate surface area is 140 Å². The molecule has 0 spiro atoms. The van der Waals surface area contributed by atoms with E-state index in [1.165, 1.54) is 0 Å². The van der Waals surface area contributed by atoms with Crippen LogP contribution in [-0.2, 0) is 20.0 Å². The lowest BCUT2D eigenvalue weighted by Crippen LogP contribution is -2.05. The van der Waals surface area contributed by atoms with Crippen LogP contribution in [0.15, 0.2) is 15.1 Å². The zero-order chi connectivity index (χ0) is 15.9. The average Bonchev–Trinajstić information content (AvgIpc) is 3.12. The molecular weight excluding hydrogens is 372 g/mol. The van der Waals surface area contributed by atoms with E-state index in [2.05, 4.69) is 36.3 Å². The van der Waals surface area contributed by atoms with Gasteiger partial charge in [-0.2, -0.15) is 10.2 Å². The Morgan fingerprint density at radius 1 is 1.27 bits per heavy atom. The fraction of sp³-hybridized carbons (Fsp3) is 0.385. The summed E-state index contributed by atoms with van der Waals surface area (Å²) < 4.78 is 10.0. The summed E-state index contributed by atoms with van der Waals surface area (Å²) in [5, 5.41) is 17.5. The van der Waals surface area contributed by atoms with Gasteiger partial charge in [0.05, 0.1) is 20.9 Å². The number of aryl methyl sites for hydroxylation is 4. The smallest absolute Gasteiger partial charge is 0.269 e. The monoisotopic (exact) mass is 384 g/mol.